The van der Waals surface area contributed by atoms with Crippen LogP contribution in [0.1, 0.15) is 239 Å². The van der Waals surface area contributed by atoms with E-state index in [9.17, 15) is 14.4 Å². The minimum atomic E-state index is -0.809. The van der Waals surface area contributed by atoms with Crippen LogP contribution in [0.25, 0.3) is 0 Å². The van der Waals surface area contributed by atoms with Gasteiger partial charge in [-0.15, -0.1) is 0 Å². The lowest BCUT2D eigenvalue weighted by Crippen LogP contribution is -2.30. The number of ether oxygens (including phenoxy) is 3. The van der Waals surface area contributed by atoms with Crippen molar-refractivity contribution in [3.63, 3.8) is 0 Å². The molecule has 0 aliphatic carbocycles. The number of carbonyl (C=O) groups is 3. The summed E-state index contributed by atoms with van der Waals surface area (Å²) in [5.41, 5.74) is 0. The first-order chi connectivity index (χ1) is 32.0. The number of unbranched alkanes of at least 4 members (excludes halogenated alkanes) is 25. The van der Waals surface area contributed by atoms with Crippen molar-refractivity contribution in [1.82, 2.24) is 0 Å². The summed E-state index contributed by atoms with van der Waals surface area (Å²) in [7, 11) is 0. The molecule has 0 aliphatic rings. The molecule has 1 atom stereocenters. The molecule has 0 rings (SSSR count). The zero-order valence-corrected chi connectivity index (χ0v) is 42.2. The molecule has 0 aromatic heterocycles. The van der Waals surface area contributed by atoms with Crippen molar-refractivity contribution in [2.24, 2.45) is 0 Å². The molecule has 0 aromatic carbocycles. The van der Waals surface area contributed by atoms with E-state index in [1.807, 2.05) is 0 Å². The van der Waals surface area contributed by atoms with Crippen LogP contribution < -0.4 is 0 Å². The molecule has 6 nitrogen and oxygen atoms in total. The molecule has 0 fully saturated rings. The van der Waals surface area contributed by atoms with Crippen molar-refractivity contribution in [3.05, 3.63) is 97.2 Å². The summed E-state index contributed by atoms with van der Waals surface area (Å²) in [4.78, 5) is 38.0. The molecule has 6 heteroatoms. The van der Waals surface area contributed by atoms with Crippen LogP contribution in [0, 0.1) is 0 Å². The average Bonchev–Trinajstić information content (AvgIpc) is 3.30. The average molecular weight is 903 g/mol. The van der Waals surface area contributed by atoms with Crippen molar-refractivity contribution in [2.75, 3.05) is 13.2 Å². The van der Waals surface area contributed by atoms with Crippen LogP contribution in [0.2, 0.25) is 0 Å². The van der Waals surface area contributed by atoms with Crippen molar-refractivity contribution < 1.29 is 28.6 Å². The third-order valence-electron chi connectivity index (χ3n) is 11.2. The maximum absolute atomic E-state index is 12.8. The van der Waals surface area contributed by atoms with Gasteiger partial charge in [-0.2, -0.15) is 0 Å². The lowest BCUT2D eigenvalue weighted by atomic mass is 10.1. The fraction of sp³-hybridized carbons (Fsp3) is 0.678. The molecule has 0 bridgehead atoms. The van der Waals surface area contributed by atoms with Crippen LogP contribution in [-0.2, 0) is 28.6 Å². The molecular formula is C59H98O6. The van der Waals surface area contributed by atoms with Gasteiger partial charge in [-0.25, -0.2) is 0 Å². The summed E-state index contributed by atoms with van der Waals surface area (Å²) in [5.74, 6) is -0.974. The smallest absolute Gasteiger partial charge is 0.306 e. The Morgan fingerprint density at radius 3 is 0.954 bits per heavy atom. The summed E-state index contributed by atoms with van der Waals surface area (Å²) in [5, 5.41) is 0. The molecule has 370 valence electrons. The zero-order chi connectivity index (χ0) is 47.2. The van der Waals surface area contributed by atoms with Crippen molar-refractivity contribution in [3.8, 4) is 0 Å². The van der Waals surface area contributed by atoms with Gasteiger partial charge in [-0.05, 0) is 89.9 Å². The number of carbonyl (C=O) groups excluding carboxylic acids is 3. The van der Waals surface area contributed by atoms with Crippen molar-refractivity contribution >= 4 is 17.9 Å². The first kappa shape index (κ1) is 61.3. The highest BCUT2D eigenvalue weighted by Crippen LogP contribution is 2.13. The Hall–Kier alpha value is -3.67. The van der Waals surface area contributed by atoms with Gasteiger partial charge in [0.1, 0.15) is 13.2 Å². The third kappa shape index (κ3) is 51.2. The Kier molecular flexibility index (Phi) is 50.0. The van der Waals surface area contributed by atoms with Gasteiger partial charge in [0.2, 0.25) is 0 Å². The SMILES string of the molecule is CC/C=C/C=C/C=C/CCCCCCCC(=O)OCC(COC(=O)CCCCCCC/C=C/C=C/C=C/CCCCCCC)OC(=O)CCCCC/C=C/C=C/CCCCCCCCC. The highest BCUT2D eigenvalue weighted by molar-refractivity contribution is 5.71. The van der Waals surface area contributed by atoms with Crippen LogP contribution in [0.3, 0.4) is 0 Å². The van der Waals surface area contributed by atoms with Crippen LogP contribution in [0.15, 0.2) is 97.2 Å². The summed E-state index contributed by atoms with van der Waals surface area (Å²) in [6.45, 7) is 6.42. The summed E-state index contributed by atoms with van der Waals surface area (Å²) >= 11 is 0. The largest absolute Gasteiger partial charge is 0.462 e. The Morgan fingerprint density at radius 2 is 0.600 bits per heavy atom. The molecule has 0 aliphatic heterocycles. The molecule has 0 aromatic rings. The predicted octanol–water partition coefficient (Wildman–Crippen LogP) is 17.8. The van der Waals surface area contributed by atoms with Gasteiger partial charge in [0.05, 0.1) is 0 Å². The number of allylic oxidation sites excluding steroid dienone is 16. The molecule has 0 heterocycles. The first-order valence-electron chi connectivity index (χ1n) is 26.8. The van der Waals surface area contributed by atoms with Gasteiger partial charge in [0, 0.05) is 19.3 Å². The van der Waals surface area contributed by atoms with Crippen LogP contribution >= 0.6 is 0 Å². The normalized spacial score (nSPS) is 12.8. The first-order valence-corrected chi connectivity index (χ1v) is 26.8. The molecule has 0 amide bonds. The summed E-state index contributed by atoms with van der Waals surface area (Å²) in [6, 6.07) is 0. The number of hydrogen-bond donors (Lipinski definition) is 0. The second kappa shape index (κ2) is 52.9. The van der Waals surface area contributed by atoms with E-state index in [0.717, 1.165) is 122 Å². The Bertz CT molecular complexity index is 1310. The Balaban J connectivity index is 4.50. The van der Waals surface area contributed by atoms with Gasteiger partial charge in [-0.1, -0.05) is 227 Å². The molecule has 1 unspecified atom stereocenters. The number of esters is 3. The lowest BCUT2D eigenvalue weighted by molar-refractivity contribution is -0.167. The number of hydrogen-bond acceptors (Lipinski definition) is 6. The number of rotatable bonds is 47. The quantitative estimate of drug-likeness (QED) is 0.0262. The predicted molar refractivity (Wildman–Crippen MR) is 279 cm³/mol. The highest BCUT2D eigenvalue weighted by Gasteiger charge is 2.19. The molecule has 0 saturated heterocycles. The maximum atomic E-state index is 12.8. The van der Waals surface area contributed by atoms with E-state index in [0.29, 0.717) is 12.8 Å². The zero-order valence-electron chi connectivity index (χ0n) is 42.2. The Morgan fingerprint density at radius 1 is 0.323 bits per heavy atom. The van der Waals surface area contributed by atoms with E-state index in [2.05, 4.69) is 118 Å². The van der Waals surface area contributed by atoms with Crippen LogP contribution in [-0.4, -0.2) is 37.2 Å². The lowest BCUT2D eigenvalue weighted by Gasteiger charge is -2.18. The van der Waals surface area contributed by atoms with Crippen LogP contribution in [0.5, 0.6) is 0 Å². The molecule has 0 saturated carbocycles. The van der Waals surface area contributed by atoms with Gasteiger partial charge in [0.15, 0.2) is 6.10 Å². The van der Waals surface area contributed by atoms with E-state index in [4.69, 9.17) is 14.2 Å². The second-order valence-electron chi connectivity index (χ2n) is 17.5. The summed E-state index contributed by atoms with van der Waals surface area (Å²) < 4.78 is 16.8. The van der Waals surface area contributed by atoms with E-state index in [1.54, 1.807) is 0 Å². The Labute approximate surface area is 400 Å². The topological polar surface area (TPSA) is 78.9 Å². The van der Waals surface area contributed by atoms with E-state index in [-0.39, 0.29) is 37.5 Å². The molecule has 65 heavy (non-hydrogen) atoms. The van der Waals surface area contributed by atoms with Gasteiger partial charge in [0.25, 0.3) is 0 Å². The maximum Gasteiger partial charge on any atom is 0.306 e. The van der Waals surface area contributed by atoms with Crippen LogP contribution in [0.4, 0.5) is 0 Å². The van der Waals surface area contributed by atoms with Gasteiger partial charge < -0.3 is 14.2 Å². The molecule has 0 spiro atoms. The minimum absolute atomic E-state index is 0.107. The fourth-order valence-electron chi connectivity index (χ4n) is 7.14. The van der Waals surface area contributed by atoms with Crippen molar-refractivity contribution in [2.45, 2.75) is 245 Å². The molecule has 0 N–H and O–H groups in total. The minimum Gasteiger partial charge on any atom is -0.462 e. The van der Waals surface area contributed by atoms with E-state index < -0.39 is 6.10 Å². The van der Waals surface area contributed by atoms with Crippen molar-refractivity contribution in [1.29, 1.82) is 0 Å². The van der Waals surface area contributed by atoms with E-state index in [1.165, 1.54) is 77.0 Å². The third-order valence-corrected chi connectivity index (χ3v) is 11.2. The molecular weight excluding hydrogens is 805 g/mol. The van der Waals surface area contributed by atoms with Gasteiger partial charge >= 0.3 is 17.9 Å². The van der Waals surface area contributed by atoms with E-state index >= 15 is 0 Å². The second-order valence-corrected chi connectivity index (χ2v) is 17.5. The fourth-order valence-corrected chi connectivity index (χ4v) is 7.14. The highest BCUT2D eigenvalue weighted by atomic mass is 16.6. The molecule has 0 radical (unpaired) electrons. The monoisotopic (exact) mass is 903 g/mol. The summed E-state index contributed by atoms with van der Waals surface area (Å²) in [6.07, 6.45) is 69.6. The van der Waals surface area contributed by atoms with Gasteiger partial charge in [-0.3, -0.25) is 14.4 Å². The standard InChI is InChI=1S/C59H98O6/c1-4-7-10-13-16-19-22-25-27-29-30-32-34-37-40-43-46-49-52-58(61)64-55-56(54-63-57(60)51-48-45-42-39-36-33-24-21-18-15-12-9-6-3)65-59(62)53-50-47-44-41-38-35-31-28-26-23-20-17-14-11-8-5-2/h9,12,15,18,21-22,24-25,27-32,35,38,56H,4-8,10-11,13-14,16-17,19-20,23,26,33-34,36-37,39-55H2,1-3H3/b12-9+,18-15+,24-21+,25-22+,29-27+,31-28+,32-30+,38-35+.